The van der Waals surface area contributed by atoms with Gasteiger partial charge in [-0.05, 0) is 25.1 Å². The maximum Gasteiger partial charge on any atom is 0.255 e. The zero-order valence-electron chi connectivity index (χ0n) is 19.1. The van der Waals surface area contributed by atoms with E-state index in [1.807, 2.05) is 60.4 Å². The number of rotatable bonds is 5. The number of aliphatic hydroxyl groups is 1. The number of fused-ring (bicyclic) bond motifs is 1. The molecule has 1 fully saturated rings. The molecule has 1 aliphatic rings. The Labute approximate surface area is 206 Å². The molecule has 0 bridgehead atoms. The Balaban J connectivity index is 1.30. The standard InChI is InChI=1S/C25H24N6O3S/c1-16-13-19-22(28-25(27-21(33)15-32)29-23(19)35-16)30-9-11-31(12-10-30)24(34)18-7-8-20(26-14-18)17-5-3-2-4-6-17/h2-8,13-14,32H,9-12,15H2,1H3,(H,27,28,29,33). The minimum Gasteiger partial charge on any atom is -0.387 e. The zero-order valence-corrected chi connectivity index (χ0v) is 20.0. The van der Waals surface area contributed by atoms with Gasteiger partial charge in [0.05, 0.1) is 16.6 Å². The quantitative estimate of drug-likeness (QED) is 0.444. The van der Waals surface area contributed by atoms with E-state index in [2.05, 4.69) is 25.2 Å². The maximum atomic E-state index is 13.1. The van der Waals surface area contributed by atoms with E-state index in [0.29, 0.717) is 37.6 Å². The molecule has 1 saturated heterocycles. The summed E-state index contributed by atoms with van der Waals surface area (Å²) in [5.41, 5.74) is 2.40. The van der Waals surface area contributed by atoms with Gasteiger partial charge in [0.2, 0.25) is 5.95 Å². The van der Waals surface area contributed by atoms with Gasteiger partial charge in [-0.2, -0.15) is 4.98 Å². The molecule has 35 heavy (non-hydrogen) atoms. The second-order valence-corrected chi connectivity index (χ2v) is 9.47. The summed E-state index contributed by atoms with van der Waals surface area (Å²) in [5.74, 6) is 0.266. The van der Waals surface area contributed by atoms with Crippen LogP contribution in [0.1, 0.15) is 15.2 Å². The lowest BCUT2D eigenvalue weighted by Crippen LogP contribution is -2.49. The number of carbonyl (C=O) groups is 2. The van der Waals surface area contributed by atoms with E-state index < -0.39 is 12.5 Å². The smallest absolute Gasteiger partial charge is 0.255 e. The van der Waals surface area contributed by atoms with E-state index in [0.717, 1.165) is 26.4 Å². The molecule has 0 aliphatic carbocycles. The van der Waals surface area contributed by atoms with Crippen LogP contribution in [0.3, 0.4) is 0 Å². The Morgan fingerprint density at radius 3 is 2.51 bits per heavy atom. The fourth-order valence-electron chi connectivity index (χ4n) is 4.09. The molecule has 2 amide bonds. The molecule has 1 aliphatic heterocycles. The van der Waals surface area contributed by atoms with Gasteiger partial charge in [0.1, 0.15) is 17.3 Å². The fourth-order valence-corrected chi connectivity index (χ4v) is 4.97. The fraction of sp³-hybridized carbons (Fsp3) is 0.240. The van der Waals surface area contributed by atoms with Crippen LogP contribution < -0.4 is 10.2 Å². The third-order valence-corrected chi connectivity index (χ3v) is 6.78. The van der Waals surface area contributed by atoms with Crippen LogP contribution in [-0.4, -0.2) is 69.6 Å². The molecular formula is C25H24N6O3S. The average Bonchev–Trinajstić information content (AvgIpc) is 3.28. The summed E-state index contributed by atoms with van der Waals surface area (Å²) >= 11 is 1.52. The van der Waals surface area contributed by atoms with Crippen molar-refractivity contribution in [1.82, 2.24) is 19.9 Å². The van der Waals surface area contributed by atoms with Crippen molar-refractivity contribution < 1.29 is 14.7 Å². The molecule has 5 rings (SSSR count). The Kier molecular flexibility index (Phi) is 6.39. The molecule has 0 saturated carbocycles. The van der Waals surface area contributed by atoms with Crippen molar-refractivity contribution in [3.05, 3.63) is 65.2 Å². The monoisotopic (exact) mass is 488 g/mol. The van der Waals surface area contributed by atoms with Gasteiger partial charge in [0.25, 0.3) is 11.8 Å². The number of aryl methyl sites for hydroxylation is 1. The van der Waals surface area contributed by atoms with Gasteiger partial charge in [-0.1, -0.05) is 30.3 Å². The molecule has 0 radical (unpaired) electrons. The normalized spacial score (nSPS) is 13.8. The molecule has 0 spiro atoms. The summed E-state index contributed by atoms with van der Waals surface area (Å²) in [6.45, 7) is 3.61. The first-order valence-electron chi connectivity index (χ1n) is 11.3. The number of hydrogen-bond donors (Lipinski definition) is 2. The SMILES string of the molecule is Cc1cc2c(N3CCN(C(=O)c4ccc(-c5ccccc5)nc4)CC3)nc(NC(=O)CO)nc2s1. The number of anilines is 2. The molecule has 0 unspecified atom stereocenters. The molecule has 4 aromatic rings. The molecule has 10 heteroatoms. The summed E-state index contributed by atoms with van der Waals surface area (Å²) < 4.78 is 0. The number of aliphatic hydroxyl groups excluding tert-OH is 1. The number of pyridine rings is 1. The molecule has 1 aromatic carbocycles. The molecule has 3 aromatic heterocycles. The highest BCUT2D eigenvalue weighted by Gasteiger charge is 2.25. The molecular weight excluding hydrogens is 464 g/mol. The Bertz CT molecular complexity index is 1370. The van der Waals surface area contributed by atoms with Crippen LogP contribution in [0.25, 0.3) is 21.5 Å². The number of aromatic nitrogens is 3. The summed E-state index contributed by atoms with van der Waals surface area (Å²) in [4.78, 5) is 44.0. The van der Waals surface area contributed by atoms with Gasteiger partial charge in [0.15, 0.2) is 0 Å². The summed E-state index contributed by atoms with van der Waals surface area (Å²) in [6, 6.07) is 15.6. The molecule has 0 atom stereocenters. The third-order valence-electron chi connectivity index (χ3n) is 5.84. The summed E-state index contributed by atoms with van der Waals surface area (Å²) in [6.07, 6.45) is 1.63. The highest BCUT2D eigenvalue weighted by Crippen LogP contribution is 2.32. The first-order chi connectivity index (χ1) is 17.0. The van der Waals surface area contributed by atoms with Crippen LogP contribution >= 0.6 is 11.3 Å². The number of hydrogen-bond acceptors (Lipinski definition) is 8. The van der Waals surface area contributed by atoms with Crippen molar-refractivity contribution in [3.63, 3.8) is 0 Å². The van der Waals surface area contributed by atoms with Gasteiger partial charge in [-0.15, -0.1) is 11.3 Å². The van der Waals surface area contributed by atoms with Gasteiger partial charge in [-0.3, -0.25) is 19.9 Å². The first kappa shape index (κ1) is 22.9. The van der Waals surface area contributed by atoms with Gasteiger partial charge in [-0.25, -0.2) is 4.98 Å². The first-order valence-corrected chi connectivity index (χ1v) is 12.1. The number of nitrogens with one attached hydrogen (secondary N) is 1. The van der Waals surface area contributed by atoms with Crippen LogP contribution in [-0.2, 0) is 4.79 Å². The van der Waals surface area contributed by atoms with Crippen LogP contribution in [0, 0.1) is 6.92 Å². The van der Waals surface area contributed by atoms with Crippen molar-refractivity contribution in [1.29, 1.82) is 0 Å². The Hall–Kier alpha value is -3.89. The van der Waals surface area contributed by atoms with E-state index in [9.17, 15) is 9.59 Å². The Morgan fingerprint density at radius 2 is 1.83 bits per heavy atom. The van der Waals surface area contributed by atoms with Crippen LogP contribution in [0.15, 0.2) is 54.7 Å². The largest absolute Gasteiger partial charge is 0.387 e. The second-order valence-electron chi connectivity index (χ2n) is 8.23. The lowest BCUT2D eigenvalue weighted by atomic mass is 10.1. The average molecular weight is 489 g/mol. The van der Waals surface area contributed by atoms with E-state index in [1.54, 1.807) is 6.20 Å². The highest BCUT2D eigenvalue weighted by atomic mass is 32.1. The topological polar surface area (TPSA) is 112 Å². The van der Waals surface area contributed by atoms with Crippen molar-refractivity contribution >= 4 is 45.1 Å². The van der Waals surface area contributed by atoms with Gasteiger partial charge >= 0.3 is 0 Å². The lowest BCUT2D eigenvalue weighted by molar-refractivity contribution is -0.118. The van der Waals surface area contributed by atoms with E-state index in [1.165, 1.54) is 11.3 Å². The lowest BCUT2D eigenvalue weighted by Gasteiger charge is -2.35. The number of carbonyl (C=O) groups excluding carboxylic acids is 2. The van der Waals surface area contributed by atoms with Crippen LogP contribution in [0.5, 0.6) is 0 Å². The van der Waals surface area contributed by atoms with Crippen LogP contribution in [0.4, 0.5) is 11.8 Å². The number of nitrogens with zero attached hydrogens (tertiary/aromatic N) is 5. The third kappa shape index (κ3) is 4.84. The summed E-state index contributed by atoms with van der Waals surface area (Å²) in [7, 11) is 0. The molecule has 4 heterocycles. The van der Waals surface area contributed by atoms with E-state index in [4.69, 9.17) is 5.11 Å². The van der Waals surface area contributed by atoms with E-state index >= 15 is 0 Å². The van der Waals surface area contributed by atoms with Crippen molar-refractivity contribution in [2.45, 2.75) is 6.92 Å². The van der Waals surface area contributed by atoms with Gasteiger partial charge < -0.3 is 14.9 Å². The number of benzene rings is 1. The highest BCUT2D eigenvalue weighted by molar-refractivity contribution is 7.18. The predicted octanol–water partition coefficient (Wildman–Crippen LogP) is 2.95. The number of piperazine rings is 1. The minimum absolute atomic E-state index is 0.0492. The van der Waals surface area contributed by atoms with Gasteiger partial charge in [0, 0.05) is 42.8 Å². The van der Waals surface area contributed by atoms with Crippen molar-refractivity contribution in [2.24, 2.45) is 0 Å². The molecule has 9 nitrogen and oxygen atoms in total. The molecule has 178 valence electrons. The number of thiophene rings is 1. The van der Waals surface area contributed by atoms with Crippen LogP contribution in [0.2, 0.25) is 0 Å². The van der Waals surface area contributed by atoms with Crippen molar-refractivity contribution in [2.75, 3.05) is 43.0 Å². The molecule has 2 N–H and O–H groups in total. The number of amides is 2. The maximum absolute atomic E-state index is 13.1. The Morgan fingerprint density at radius 1 is 1.06 bits per heavy atom. The minimum atomic E-state index is -0.637. The second kappa shape index (κ2) is 9.77. The summed E-state index contributed by atoms with van der Waals surface area (Å²) in [5, 5.41) is 12.5. The van der Waals surface area contributed by atoms with E-state index in [-0.39, 0.29) is 11.9 Å². The predicted molar refractivity (Wildman–Crippen MR) is 136 cm³/mol. The van der Waals surface area contributed by atoms with Crippen molar-refractivity contribution in [3.8, 4) is 11.3 Å². The zero-order chi connectivity index (χ0) is 24.4.